The molecule has 31 heavy (non-hydrogen) atoms. The Labute approximate surface area is 184 Å². The molecule has 0 aliphatic rings. The Morgan fingerprint density at radius 1 is 1.03 bits per heavy atom. The Morgan fingerprint density at radius 2 is 1.65 bits per heavy atom. The highest BCUT2D eigenvalue weighted by atomic mass is 35.5. The van der Waals surface area contributed by atoms with Gasteiger partial charge in [-0.3, -0.25) is 14.4 Å². The van der Waals surface area contributed by atoms with Crippen LogP contribution in [0.15, 0.2) is 53.4 Å². The number of aliphatic carboxylic acids is 1. The van der Waals surface area contributed by atoms with Gasteiger partial charge in [-0.1, -0.05) is 11.6 Å². The molecule has 0 fully saturated rings. The maximum Gasteiger partial charge on any atom is 0.321 e. The number of rotatable bonds is 10. The molecule has 2 aromatic carbocycles. The van der Waals surface area contributed by atoms with E-state index in [1.807, 2.05) is 0 Å². The summed E-state index contributed by atoms with van der Waals surface area (Å²) >= 11 is 5.79. The van der Waals surface area contributed by atoms with Gasteiger partial charge in [0.25, 0.3) is 5.91 Å². The van der Waals surface area contributed by atoms with E-state index in [0.29, 0.717) is 22.8 Å². The second kappa shape index (κ2) is 10.9. The third-order valence-electron chi connectivity index (χ3n) is 4.16. The van der Waals surface area contributed by atoms with Crippen LogP contribution in [0, 0.1) is 0 Å². The lowest BCUT2D eigenvalue weighted by atomic mass is 10.1. The van der Waals surface area contributed by atoms with Crippen LogP contribution in [-0.2, 0) is 19.6 Å². The topological polar surface area (TPSA) is 142 Å². The van der Waals surface area contributed by atoms with Crippen molar-refractivity contribution in [2.75, 3.05) is 11.9 Å². The number of carbonyl (C=O) groups is 3. The first-order chi connectivity index (χ1) is 14.6. The number of sulfonamides is 1. The highest BCUT2D eigenvalue weighted by Gasteiger charge is 2.26. The van der Waals surface area contributed by atoms with Gasteiger partial charge in [0.1, 0.15) is 6.04 Å². The summed E-state index contributed by atoms with van der Waals surface area (Å²) in [6, 6.07) is 10.0. The van der Waals surface area contributed by atoms with E-state index in [4.69, 9.17) is 11.6 Å². The predicted octanol–water partition coefficient (Wildman–Crippen LogP) is 2.24. The molecule has 0 spiro atoms. The van der Waals surface area contributed by atoms with E-state index in [9.17, 15) is 27.9 Å². The molecular weight excluding hydrogens is 446 g/mol. The van der Waals surface area contributed by atoms with Crippen LogP contribution in [0.5, 0.6) is 0 Å². The number of carbonyl (C=O) groups excluding carboxylic acids is 2. The lowest BCUT2D eigenvalue weighted by molar-refractivity contribution is -0.139. The van der Waals surface area contributed by atoms with Crippen molar-refractivity contribution in [3.63, 3.8) is 0 Å². The van der Waals surface area contributed by atoms with E-state index in [1.165, 1.54) is 24.3 Å². The summed E-state index contributed by atoms with van der Waals surface area (Å²) in [6.45, 7) is 2.11. The molecule has 0 aromatic heterocycles. The summed E-state index contributed by atoms with van der Waals surface area (Å²) in [4.78, 5) is 35.0. The van der Waals surface area contributed by atoms with Crippen molar-refractivity contribution in [3.05, 3.63) is 59.1 Å². The molecule has 0 bridgehead atoms. The van der Waals surface area contributed by atoms with Gasteiger partial charge in [-0.05, 0) is 61.9 Å². The molecule has 0 heterocycles. The Hall–Kier alpha value is -2.95. The van der Waals surface area contributed by atoms with E-state index < -0.39 is 27.9 Å². The van der Waals surface area contributed by atoms with Crippen molar-refractivity contribution < 1.29 is 27.9 Å². The van der Waals surface area contributed by atoms with Crippen molar-refractivity contribution in [2.45, 2.75) is 30.7 Å². The Kier molecular flexibility index (Phi) is 8.55. The van der Waals surface area contributed by atoms with E-state index in [-0.39, 0.29) is 23.6 Å². The first kappa shape index (κ1) is 24.3. The number of benzene rings is 2. The van der Waals surface area contributed by atoms with Crippen LogP contribution >= 0.6 is 11.6 Å². The molecule has 0 saturated heterocycles. The van der Waals surface area contributed by atoms with E-state index in [2.05, 4.69) is 15.4 Å². The standard InChI is InChI=1S/C20H22ClN3O6S/c1-2-22-18(25)12-11-17(20(27)28)24-31(29,30)16-9-7-15(8-10-16)23-19(26)13-3-5-14(21)6-4-13/h3-10,17,24H,2,11-12H2,1H3,(H,22,25)(H,23,26)(H,27,28)/t17-/m0/s1. The third-order valence-corrected chi connectivity index (χ3v) is 5.90. The number of halogens is 1. The first-order valence-corrected chi connectivity index (χ1v) is 11.2. The summed E-state index contributed by atoms with van der Waals surface area (Å²) in [5.41, 5.74) is 0.726. The van der Waals surface area contributed by atoms with E-state index in [1.54, 1.807) is 31.2 Å². The number of carboxylic acid groups (broad SMARTS) is 1. The van der Waals surface area contributed by atoms with Crippen molar-refractivity contribution in [3.8, 4) is 0 Å². The molecule has 0 aliphatic heterocycles. The first-order valence-electron chi connectivity index (χ1n) is 9.31. The molecule has 2 rings (SSSR count). The molecule has 0 unspecified atom stereocenters. The van der Waals surface area contributed by atoms with Crippen LogP contribution < -0.4 is 15.4 Å². The summed E-state index contributed by atoms with van der Waals surface area (Å²) in [7, 11) is -4.16. The maximum absolute atomic E-state index is 12.5. The summed E-state index contributed by atoms with van der Waals surface area (Å²) in [5.74, 6) is -2.16. The van der Waals surface area contributed by atoms with Crippen molar-refractivity contribution in [1.82, 2.24) is 10.0 Å². The van der Waals surface area contributed by atoms with Crippen molar-refractivity contribution in [2.24, 2.45) is 0 Å². The lowest BCUT2D eigenvalue weighted by Gasteiger charge is -2.15. The third kappa shape index (κ3) is 7.35. The molecule has 9 nitrogen and oxygen atoms in total. The molecule has 0 saturated carbocycles. The Morgan fingerprint density at radius 3 is 2.19 bits per heavy atom. The quantitative estimate of drug-likeness (QED) is 0.422. The van der Waals surface area contributed by atoms with Gasteiger partial charge in [0.2, 0.25) is 15.9 Å². The minimum atomic E-state index is -4.16. The Bertz CT molecular complexity index is 1040. The minimum Gasteiger partial charge on any atom is -0.480 e. The van der Waals surface area contributed by atoms with Crippen LogP contribution in [0.25, 0.3) is 0 Å². The van der Waals surface area contributed by atoms with Gasteiger partial charge >= 0.3 is 5.97 Å². The molecule has 1 atom stereocenters. The molecule has 11 heteroatoms. The number of carboxylic acids is 1. The Balaban J connectivity index is 2.05. The highest BCUT2D eigenvalue weighted by molar-refractivity contribution is 7.89. The second-order valence-electron chi connectivity index (χ2n) is 6.49. The van der Waals surface area contributed by atoms with Gasteiger partial charge in [-0.25, -0.2) is 8.42 Å². The van der Waals surface area contributed by atoms with Gasteiger partial charge in [0.15, 0.2) is 0 Å². The van der Waals surface area contributed by atoms with Gasteiger partial charge < -0.3 is 15.7 Å². The van der Waals surface area contributed by atoms with Crippen molar-refractivity contribution >= 4 is 45.1 Å². The zero-order valence-electron chi connectivity index (χ0n) is 16.6. The van der Waals surface area contributed by atoms with Crippen LogP contribution in [-0.4, -0.2) is 43.9 Å². The van der Waals surface area contributed by atoms with Crippen LogP contribution in [0.1, 0.15) is 30.1 Å². The lowest BCUT2D eigenvalue weighted by Crippen LogP contribution is -2.41. The number of anilines is 1. The monoisotopic (exact) mass is 467 g/mol. The average Bonchev–Trinajstić information content (AvgIpc) is 2.72. The van der Waals surface area contributed by atoms with Crippen molar-refractivity contribution in [1.29, 1.82) is 0 Å². The van der Waals surface area contributed by atoms with Crippen LogP contribution in [0.2, 0.25) is 5.02 Å². The zero-order chi connectivity index (χ0) is 23.0. The highest BCUT2D eigenvalue weighted by Crippen LogP contribution is 2.17. The molecule has 4 N–H and O–H groups in total. The number of hydrogen-bond acceptors (Lipinski definition) is 5. The summed E-state index contributed by atoms with van der Waals surface area (Å²) in [5, 5.41) is 14.9. The molecule has 2 aromatic rings. The smallest absolute Gasteiger partial charge is 0.321 e. The molecule has 166 valence electrons. The summed E-state index contributed by atoms with van der Waals surface area (Å²) in [6.07, 6.45) is -0.335. The normalized spacial score (nSPS) is 12.1. The predicted molar refractivity (Wildman–Crippen MR) is 116 cm³/mol. The summed E-state index contributed by atoms with van der Waals surface area (Å²) < 4.78 is 27.1. The van der Waals surface area contributed by atoms with Crippen LogP contribution in [0.3, 0.4) is 0 Å². The molecular formula is C20H22ClN3O6S. The maximum atomic E-state index is 12.5. The average molecular weight is 468 g/mol. The van der Waals surface area contributed by atoms with Gasteiger partial charge in [0, 0.05) is 29.2 Å². The molecule has 2 amide bonds. The van der Waals surface area contributed by atoms with Gasteiger partial charge in [-0.15, -0.1) is 0 Å². The fraction of sp³-hybridized carbons (Fsp3) is 0.250. The van der Waals surface area contributed by atoms with Crippen LogP contribution in [0.4, 0.5) is 5.69 Å². The fourth-order valence-corrected chi connectivity index (χ4v) is 3.92. The second-order valence-corrected chi connectivity index (χ2v) is 8.64. The fourth-order valence-electron chi connectivity index (χ4n) is 2.57. The van der Waals surface area contributed by atoms with Gasteiger partial charge in [-0.2, -0.15) is 4.72 Å². The number of hydrogen-bond donors (Lipinski definition) is 4. The van der Waals surface area contributed by atoms with E-state index in [0.717, 1.165) is 0 Å². The molecule has 0 radical (unpaired) electrons. The largest absolute Gasteiger partial charge is 0.480 e. The van der Waals surface area contributed by atoms with Gasteiger partial charge in [0.05, 0.1) is 4.90 Å². The minimum absolute atomic E-state index is 0.136. The SMILES string of the molecule is CCNC(=O)CC[C@H](NS(=O)(=O)c1ccc(NC(=O)c2ccc(Cl)cc2)cc1)C(=O)O. The van der Waals surface area contributed by atoms with E-state index >= 15 is 0 Å². The zero-order valence-corrected chi connectivity index (χ0v) is 18.2. The number of nitrogens with one attached hydrogen (secondary N) is 3. The molecule has 0 aliphatic carbocycles. The number of amides is 2.